The molecule has 3 aromatic rings. The molecule has 158 valence electrons. The van der Waals surface area contributed by atoms with Crippen molar-refractivity contribution in [2.45, 2.75) is 33.2 Å². The van der Waals surface area contributed by atoms with Gasteiger partial charge in [0.05, 0.1) is 27.7 Å². The van der Waals surface area contributed by atoms with Crippen molar-refractivity contribution in [2.75, 3.05) is 26.2 Å². The van der Waals surface area contributed by atoms with Gasteiger partial charge in [-0.25, -0.2) is 9.67 Å². The highest BCUT2D eigenvalue weighted by Gasteiger charge is 2.23. The zero-order chi connectivity index (χ0) is 19.0. The third-order valence-corrected chi connectivity index (χ3v) is 5.93. The quantitative estimate of drug-likeness (QED) is 0.638. The van der Waals surface area contributed by atoms with Crippen molar-refractivity contribution < 1.29 is 4.79 Å². The summed E-state index contributed by atoms with van der Waals surface area (Å²) in [7, 11) is 0. The zero-order valence-corrected chi connectivity index (χ0v) is 19.3. The van der Waals surface area contributed by atoms with E-state index in [-0.39, 0.29) is 36.8 Å². The molecule has 0 atom stereocenters. The van der Waals surface area contributed by atoms with Gasteiger partial charge in [-0.05, 0) is 51.9 Å². The van der Waals surface area contributed by atoms with Gasteiger partial charge in [0.2, 0.25) is 0 Å². The molecule has 1 amide bonds. The van der Waals surface area contributed by atoms with Crippen LogP contribution in [-0.4, -0.2) is 51.8 Å². The Morgan fingerprint density at radius 3 is 2.69 bits per heavy atom. The number of aromatic nitrogens is 3. The number of fused-ring (bicyclic) bond motifs is 1. The smallest absolute Gasteiger partial charge is 0.254 e. The molecule has 0 radical (unpaired) electrons. The van der Waals surface area contributed by atoms with Gasteiger partial charge >= 0.3 is 0 Å². The van der Waals surface area contributed by atoms with E-state index in [9.17, 15) is 4.79 Å². The maximum Gasteiger partial charge on any atom is 0.254 e. The highest BCUT2D eigenvalue weighted by atomic mass is 35.5. The van der Waals surface area contributed by atoms with Crippen LogP contribution in [0.15, 0.2) is 24.4 Å². The number of hydrogen-bond acceptors (Lipinski definition) is 5. The second kappa shape index (κ2) is 9.89. The average molecular weight is 456 g/mol. The first-order valence-corrected chi connectivity index (χ1v) is 10.3. The number of rotatable bonds is 3. The number of carbonyl (C=O) groups excluding carboxylic acids is 1. The summed E-state index contributed by atoms with van der Waals surface area (Å²) in [5.74, 6) is 0.0731. The first-order chi connectivity index (χ1) is 13.0. The second-order valence-corrected chi connectivity index (χ2v) is 8.57. The molecule has 4 heterocycles. The molecule has 0 aromatic carbocycles. The molecule has 1 N–H and O–H groups in total. The number of hydrogen-bond donors (Lipinski definition) is 1. The van der Waals surface area contributed by atoms with Crippen LogP contribution in [0.3, 0.4) is 0 Å². The summed E-state index contributed by atoms with van der Waals surface area (Å²) in [4.78, 5) is 22.5. The molecule has 0 aliphatic carbocycles. The van der Waals surface area contributed by atoms with Crippen molar-refractivity contribution in [1.29, 1.82) is 0 Å². The number of thiophene rings is 1. The third-order valence-electron chi connectivity index (χ3n) is 4.91. The third kappa shape index (κ3) is 4.74. The number of nitrogens with zero attached hydrogens (tertiary/aromatic N) is 4. The number of halogens is 2. The van der Waals surface area contributed by atoms with Gasteiger partial charge in [0.15, 0.2) is 5.65 Å². The van der Waals surface area contributed by atoms with Crippen LogP contribution in [0.5, 0.6) is 0 Å². The van der Waals surface area contributed by atoms with Crippen LogP contribution >= 0.6 is 36.2 Å². The van der Waals surface area contributed by atoms with Crippen molar-refractivity contribution in [2.24, 2.45) is 0 Å². The van der Waals surface area contributed by atoms with Crippen molar-refractivity contribution >= 4 is 53.1 Å². The minimum atomic E-state index is 0. The lowest BCUT2D eigenvalue weighted by molar-refractivity contribution is 0.0768. The minimum Gasteiger partial charge on any atom is -0.337 e. The Morgan fingerprint density at radius 1 is 1.21 bits per heavy atom. The summed E-state index contributed by atoms with van der Waals surface area (Å²) in [5, 5.41) is 8.71. The Labute approximate surface area is 187 Å². The van der Waals surface area contributed by atoms with Crippen LogP contribution in [-0.2, 0) is 0 Å². The van der Waals surface area contributed by atoms with Crippen LogP contribution < -0.4 is 5.32 Å². The summed E-state index contributed by atoms with van der Waals surface area (Å²) < 4.78 is 1.90. The maximum atomic E-state index is 13.4. The van der Waals surface area contributed by atoms with E-state index in [1.165, 1.54) is 4.88 Å². The average Bonchev–Trinajstić information content (AvgIpc) is 3.18. The summed E-state index contributed by atoms with van der Waals surface area (Å²) in [6.07, 6.45) is 2.76. The van der Waals surface area contributed by atoms with E-state index in [2.05, 4.69) is 43.3 Å². The monoisotopic (exact) mass is 455 g/mol. The van der Waals surface area contributed by atoms with Gasteiger partial charge in [0, 0.05) is 30.6 Å². The predicted molar refractivity (Wildman–Crippen MR) is 124 cm³/mol. The van der Waals surface area contributed by atoms with E-state index < -0.39 is 0 Å². The molecule has 6 nitrogen and oxygen atoms in total. The molecular formula is C20H27Cl2N5OS. The molecule has 9 heteroatoms. The van der Waals surface area contributed by atoms with Crippen molar-refractivity contribution in [1.82, 2.24) is 25.0 Å². The highest BCUT2D eigenvalue weighted by Crippen LogP contribution is 2.31. The first-order valence-electron chi connectivity index (χ1n) is 9.49. The van der Waals surface area contributed by atoms with Crippen LogP contribution in [0.1, 0.15) is 41.5 Å². The number of pyridine rings is 1. The Bertz CT molecular complexity index is 977. The summed E-state index contributed by atoms with van der Waals surface area (Å²) in [5.41, 5.74) is 2.33. The Hall–Kier alpha value is -1.67. The standard InChI is InChI=1S/C20H25N5OS.2ClH/c1-13(2)25-19-16(12-22-25)15(20(26)24-9-4-7-21-8-10-24)11-17(23-19)18-6-5-14(3)27-18;;/h5-6,11-13,21H,4,7-10H2,1-3H3;2*1H. The molecule has 29 heavy (non-hydrogen) atoms. The van der Waals surface area contributed by atoms with E-state index >= 15 is 0 Å². The van der Waals surface area contributed by atoms with Crippen LogP contribution in [0.25, 0.3) is 21.6 Å². The molecular weight excluding hydrogens is 429 g/mol. The molecule has 0 spiro atoms. The topological polar surface area (TPSA) is 63.1 Å². The molecule has 1 aliphatic rings. The Kier molecular flexibility index (Phi) is 8.05. The summed E-state index contributed by atoms with van der Waals surface area (Å²) in [6.45, 7) is 9.55. The number of aryl methyl sites for hydroxylation is 1. The highest BCUT2D eigenvalue weighted by molar-refractivity contribution is 7.15. The van der Waals surface area contributed by atoms with Crippen LogP contribution in [0.2, 0.25) is 0 Å². The first kappa shape index (κ1) is 23.6. The van der Waals surface area contributed by atoms with E-state index in [1.54, 1.807) is 17.5 Å². The van der Waals surface area contributed by atoms with Crippen molar-refractivity contribution in [3.63, 3.8) is 0 Å². The van der Waals surface area contributed by atoms with E-state index in [0.29, 0.717) is 5.56 Å². The van der Waals surface area contributed by atoms with Crippen LogP contribution in [0, 0.1) is 6.92 Å². The van der Waals surface area contributed by atoms with Gasteiger partial charge in [0.1, 0.15) is 0 Å². The summed E-state index contributed by atoms with van der Waals surface area (Å²) in [6, 6.07) is 6.29. The molecule has 3 aromatic heterocycles. The van der Waals surface area contributed by atoms with E-state index in [1.807, 2.05) is 15.6 Å². The fraction of sp³-hybridized carbons (Fsp3) is 0.450. The van der Waals surface area contributed by atoms with E-state index in [0.717, 1.165) is 54.2 Å². The Balaban J connectivity index is 0.00000150. The Morgan fingerprint density at radius 2 is 2.00 bits per heavy atom. The van der Waals surface area contributed by atoms with Crippen molar-refractivity contribution in [3.05, 3.63) is 34.8 Å². The summed E-state index contributed by atoms with van der Waals surface area (Å²) >= 11 is 1.70. The van der Waals surface area contributed by atoms with E-state index in [4.69, 9.17) is 4.98 Å². The second-order valence-electron chi connectivity index (χ2n) is 7.28. The lowest BCUT2D eigenvalue weighted by atomic mass is 10.1. The lowest BCUT2D eigenvalue weighted by Gasteiger charge is -2.20. The fourth-order valence-corrected chi connectivity index (χ4v) is 4.32. The van der Waals surface area contributed by atoms with Gasteiger partial charge in [-0.3, -0.25) is 4.79 Å². The lowest BCUT2D eigenvalue weighted by Crippen LogP contribution is -2.34. The van der Waals surface area contributed by atoms with Gasteiger partial charge in [-0.1, -0.05) is 0 Å². The van der Waals surface area contributed by atoms with Gasteiger partial charge in [0.25, 0.3) is 5.91 Å². The molecule has 1 aliphatic heterocycles. The molecule has 0 bridgehead atoms. The van der Waals surface area contributed by atoms with Crippen LogP contribution in [0.4, 0.5) is 0 Å². The van der Waals surface area contributed by atoms with Gasteiger partial charge in [-0.2, -0.15) is 5.10 Å². The largest absolute Gasteiger partial charge is 0.337 e. The molecule has 4 rings (SSSR count). The fourth-order valence-electron chi connectivity index (χ4n) is 3.49. The normalized spacial score (nSPS) is 14.4. The minimum absolute atomic E-state index is 0. The predicted octanol–water partition coefficient (Wildman–Crippen LogP) is 4.33. The number of carbonyl (C=O) groups is 1. The zero-order valence-electron chi connectivity index (χ0n) is 16.8. The van der Waals surface area contributed by atoms with Gasteiger partial charge < -0.3 is 10.2 Å². The van der Waals surface area contributed by atoms with Gasteiger partial charge in [-0.15, -0.1) is 36.2 Å². The number of nitrogens with one attached hydrogen (secondary N) is 1. The number of amides is 1. The van der Waals surface area contributed by atoms with Crippen molar-refractivity contribution in [3.8, 4) is 10.6 Å². The molecule has 1 fully saturated rings. The molecule has 1 saturated heterocycles. The molecule has 0 unspecified atom stereocenters. The maximum absolute atomic E-state index is 13.4. The molecule has 0 saturated carbocycles. The SMILES string of the molecule is Cc1ccc(-c2cc(C(=O)N3CCCNCC3)c3cnn(C(C)C)c3n2)s1.Cl.Cl.